The maximum absolute atomic E-state index is 12.0. The van der Waals surface area contributed by atoms with Crippen molar-refractivity contribution >= 4 is 11.0 Å². The van der Waals surface area contributed by atoms with Crippen LogP contribution in [0.3, 0.4) is 0 Å². The number of aromatic amines is 1. The van der Waals surface area contributed by atoms with Gasteiger partial charge in [0.05, 0.1) is 17.1 Å². The summed E-state index contributed by atoms with van der Waals surface area (Å²) in [4.78, 5) is 24.0. The SMILES string of the molecule is C[C@@H](c1nc2ccc(C[C@@H]3CC[C@H](Cc4ccc(O)cc4)N3)cc2[nH]1)n1cccnc1=O. The van der Waals surface area contributed by atoms with Gasteiger partial charge in [-0.1, -0.05) is 18.2 Å². The normalized spacial score (nSPS) is 19.4. The summed E-state index contributed by atoms with van der Waals surface area (Å²) < 4.78 is 1.58. The smallest absolute Gasteiger partial charge is 0.348 e. The zero-order chi connectivity index (χ0) is 22.1. The Labute approximate surface area is 186 Å². The molecular formula is C25H27N5O2. The molecular weight excluding hydrogens is 402 g/mol. The summed E-state index contributed by atoms with van der Waals surface area (Å²) in [5.41, 5.74) is 4.11. The van der Waals surface area contributed by atoms with E-state index in [1.165, 1.54) is 17.3 Å². The first-order valence-electron chi connectivity index (χ1n) is 11.1. The Morgan fingerprint density at radius 2 is 1.81 bits per heavy atom. The van der Waals surface area contributed by atoms with Gasteiger partial charge in [-0.2, -0.15) is 0 Å². The van der Waals surface area contributed by atoms with E-state index in [0.717, 1.165) is 42.5 Å². The van der Waals surface area contributed by atoms with Crippen LogP contribution in [0.2, 0.25) is 0 Å². The van der Waals surface area contributed by atoms with Crippen molar-refractivity contribution in [1.29, 1.82) is 0 Å². The number of phenols is 1. The summed E-state index contributed by atoms with van der Waals surface area (Å²) >= 11 is 0. The van der Waals surface area contributed by atoms with Crippen molar-refractivity contribution in [3.8, 4) is 5.75 Å². The Morgan fingerprint density at radius 1 is 1.09 bits per heavy atom. The largest absolute Gasteiger partial charge is 0.508 e. The third-order valence-electron chi connectivity index (χ3n) is 6.35. The molecule has 0 spiro atoms. The van der Waals surface area contributed by atoms with Crippen molar-refractivity contribution in [2.45, 2.75) is 50.7 Å². The molecule has 0 aliphatic carbocycles. The number of aromatic nitrogens is 4. The fraction of sp³-hybridized carbons (Fsp3) is 0.320. The topological polar surface area (TPSA) is 95.8 Å². The predicted octanol–water partition coefficient (Wildman–Crippen LogP) is 3.34. The Bertz CT molecular complexity index is 1280. The molecule has 32 heavy (non-hydrogen) atoms. The van der Waals surface area contributed by atoms with Crippen LogP contribution in [0.4, 0.5) is 0 Å². The number of nitrogens with one attached hydrogen (secondary N) is 2. The second kappa shape index (κ2) is 8.59. The number of hydrogen-bond acceptors (Lipinski definition) is 5. The molecule has 7 heteroatoms. The van der Waals surface area contributed by atoms with E-state index < -0.39 is 0 Å². The van der Waals surface area contributed by atoms with Crippen molar-refractivity contribution in [3.63, 3.8) is 0 Å². The highest BCUT2D eigenvalue weighted by molar-refractivity contribution is 5.76. The highest BCUT2D eigenvalue weighted by Crippen LogP contribution is 2.23. The minimum Gasteiger partial charge on any atom is -0.508 e. The van der Waals surface area contributed by atoms with E-state index in [4.69, 9.17) is 4.98 Å². The van der Waals surface area contributed by atoms with Crippen molar-refractivity contribution in [3.05, 3.63) is 88.4 Å². The molecule has 3 N–H and O–H groups in total. The molecule has 1 fully saturated rings. The number of hydrogen-bond donors (Lipinski definition) is 3. The Hall–Kier alpha value is -3.45. The number of rotatable bonds is 6. The summed E-state index contributed by atoms with van der Waals surface area (Å²) in [7, 11) is 0. The summed E-state index contributed by atoms with van der Waals surface area (Å²) in [6.45, 7) is 1.94. The van der Waals surface area contributed by atoms with Crippen LogP contribution in [-0.4, -0.2) is 36.7 Å². The number of phenolic OH excluding ortho intramolecular Hbond substituents is 1. The van der Waals surface area contributed by atoms with Gasteiger partial charge < -0.3 is 15.4 Å². The van der Waals surface area contributed by atoms with Crippen LogP contribution in [0.25, 0.3) is 11.0 Å². The van der Waals surface area contributed by atoms with Crippen LogP contribution < -0.4 is 11.0 Å². The number of H-pyrrole nitrogens is 1. The number of aromatic hydroxyl groups is 1. The maximum Gasteiger partial charge on any atom is 0.348 e. The van der Waals surface area contributed by atoms with Gasteiger partial charge in [0.25, 0.3) is 0 Å². The van der Waals surface area contributed by atoms with Crippen molar-refractivity contribution in [2.75, 3.05) is 0 Å². The zero-order valence-corrected chi connectivity index (χ0v) is 18.0. The predicted molar refractivity (Wildman–Crippen MR) is 124 cm³/mol. The minimum absolute atomic E-state index is 0.218. The molecule has 4 aromatic rings. The summed E-state index contributed by atoms with van der Waals surface area (Å²) in [6, 6.07) is 16.3. The first-order chi connectivity index (χ1) is 15.5. The average molecular weight is 430 g/mol. The van der Waals surface area contributed by atoms with Crippen LogP contribution >= 0.6 is 0 Å². The number of benzene rings is 2. The third kappa shape index (κ3) is 4.29. The van der Waals surface area contributed by atoms with Crippen LogP contribution in [0.15, 0.2) is 65.7 Å². The number of imidazole rings is 1. The van der Waals surface area contributed by atoms with Gasteiger partial charge in [0, 0.05) is 24.5 Å². The molecule has 7 nitrogen and oxygen atoms in total. The van der Waals surface area contributed by atoms with Gasteiger partial charge in [0.1, 0.15) is 11.6 Å². The monoisotopic (exact) mass is 429 g/mol. The van der Waals surface area contributed by atoms with E-state index in [9.17, 15) is 9.90 Å². The molecule has 0 saturated carbocycles. The van der Waals surface area contributed by atoms with Crippen molar-refractivity contribution < 1.29 is 5.11 Å². The fourth-order valence-corrected chi connectivity index (χ4v) is 4.62. The molecule has 1 saturated heterocycles. The first kappa shape index (κ1) is 20.5. The molecule has 2 aromatic heterocycles. The Balaban J connectivity index is 1.26. The van der Waals surface area contributed by atoms with Gasteiger partial charge in [-0.05, 0) is 74.1 Å². The molecule has 3 heterocycles. The van der Waals surface area contributed by atoms with Gasteiger partial charge in [-0.3, -0.25) is 4.57 Å². The Morgan fingerprint density at radius 3 is 2.56 bits per heavy atom. The molecule has 1 aliphatic heterocycles. The van der Waals surface area contributed by atoms with Gasteiger partial charge in [0.15, 0.2) is 0 Å². The average Bonchev–Trinajstić information content (AvgIpc) is 3.41. The first-order valence-corrected chi connectivity index (χ1v) is 11.1. The minimum atomic E-state index is -0.282. The fourth-order valence-electron chi connectivity index (χ4n) is 4.62. The van der Waals surface area contributed by atoms with Crippen LogP contribution in [0, 0.1) is 0 Å². The molecule has 0 bridgehead atoms. The molecule has 2 aromatic carbocycles. The Kier molecular flexibility index (Phi) is 5.49. The quantitative estimate of drug-likeness (QED) is 0.437. The van der Waals surface area contributed by atoms with Gasteiger partial charge in [-0.25, -0.2) is 14.8 Å². The van der Waals surface area contributed by atoms with E-state index in [1.54, 1.807) is 29.0 Å². The summed E-state index contributed by atoms with van der Waals surface area (Å²) in [5, 5.41) is 13.2. The van der Waals surface area contributed by atoms with Gasteiger partial charge >= 0.3 is 5.69 Å². The van der Waals surface area contributed by atoms with Crippen LogP contribution in [0.1, 0.15) is 42.8 Å². The van der Waals surface area contributed by atoms with E-state index in [2.05, 4.69) is 27.4 Å². The van der Waals surface area contributed by atoms with E-state index in [1.807, 2.05) is 25.1 Å². The highest BCUT2D eigenvalue weighted by atomic mass is 16.3. The van der Waals surface area contributed by atoms with Gasteiger partial charge in [0.2, 0.25) is 0 Å². The maximum atomic E-state index is 12.0. The second-order valence-corrected chi connectivity index (χ2v) is 8.67. The van der Waals surface area contributed by atoms with Crippen LogP contribution in [0.5, 0.6) is 5.75 Å². The lowest BCUT2D eigenvalue weighted by Gasteiger charge is -2.15. The number of fused-ring (bicyclic) bond motifs is 1. The highest BCUT2D eigenvalue weighted by Gasteiger charge is 2.24. The third-order valence-corrected chi connectivity index (χ3v) is 6.35. The molecule has 0 radical (unpaired) electrons. The van der Waals surface area contributed by atoms with Crippen LogP contribution in [-0.2, 0) is 12.8 Å². The van der Waals surface area contributed by atoms with Gasteiger partial charge in [-0.15, -0.1) is 0 Å². The molecule has 5 rings (SSSR count). The lowest BCUT2D eigenvalue weighted by molar-refractivity contribution is 0.474. The molecule has 0 amide bonds. The second-order valence-electron chi connectivity index (χ2n) is 8.67. The van der Waals surface area contributed by atoms with E-state index in [0.29, 0.717) is 17.8 Å². The van der Waals surface area contributed by atoms with Crippen molar-refractivity contribution in [2.24, 2.45) is 0 Å². The van der Waals surface area contributed by atoms with E-state index >= 15 is 0 Å². The number of nitrogens with zero attached hydrogens (tertiary/aromatic N) is 3. The molecule has 164 valence electrons. The molecule has 3 atom stereocenters. The zero-order valence-electron chi connectivity index (χ0n) is 18.0. The van der Waals surface area contributed by atoms with E-state index in [-0.39, 0.29) is 11.7 Å². The lowest BCUT2D eigenvalue weighted by Crippen LogP contribution is -2.32. The standard InChI is InChI=1S/C25H27N5O2/c1-16(30-12-2-11-26-25(30)32)24-28-22-10-5-18(15-23(22)29-24)14-20-7-6-19(27-20)13-17-3-8-21(31)9-4-17/h2-5,8-12,15-16,19-20,27,31H,6-7,13-14H2,1H3,(H,28,29)/t16-,19+,20-/m0/s1. The molecule has 0 unspecified atom stereocenters. The summed E-state index contributed by atoms with van der Waals surface area (Å²) in [6.07, 6.45) is 7.48. The summed E-state index contributed by atoms with van der Waals surface area (Å²) in [5.74, 6) is 1.06. The molecule has 1 aliphatic rings. The lowest BCUT2D eigenvalue weighted by atomic mass is 10.0. The van der Waals surface area contributed by atoms with Crippen molar-refractivity contribution in [1.82, 2.24) is 24.8 Å².